The van der Waals surface area contributed by atoms with E-state index in [-0.39, 0.29) is 6.10 Å². The molecule has 0 aromatic heterocycles. The van der Waals surface area contributed by atoms with Gasteiger partial charge in [0.05, 0.1) is 6.10 Å². The van der Waals surface area contributed by atoms with Crippen molar-refractivity contribution in [3.63, 3.8) is 0 Å². The zero-order chi connectivity index (χ0) is 23.7. The summed E-state index contributed by atoms with van der Waals surface area (Å²) >= 11 is 0. The summed E-state index contributed by atoms with van der Waals surface area (Å²) in [6.45, 7) is 13.7. The van der Waals surface area contributed by atoms with Crippen molar-refractivity contribution in [1.29, 1.82) is 0 Å². The van der Waals surface area contributed by atoms with Crippen LogP contribution in [-0.4, -0.2) is 22.3 Å². The molecule has 4 aliphatic carbocycles. The van der Waals surface area contributed by atoms with Gasteiger partial charge in [0.15, 0.2) is 0 Å². The summed E-state index contributed by atoms with van der Waals surface area (Å²) in [6, 6.07) is 0. The van der Waals surface area contributed by atoms with Crippen LogP contribution in [0.4, 0.5) is 0 Å². The van der Waals surface area contributed by atoms with E-state index in [1.54, 1.807) is 5.57 Å². The number of carboxylic acid groups (broad SMARTS) is 1. The molecule has 0 spiro atoms. The van der Waals surface area contributed by atoms with E-state index in [0.717, 1.165) is 55.3 Å². The van der Waals surface area contributed by atoms with Crippen LogP contribution in [0.5, 0.6) is 0 Å². The summed E-state index contributed by atoms with van der Waals surface area (Å²) < 4.78 is 0. The Balaban J connectivity index is 0.000000668. The van der Waals surface area contributed by atoms with E-state index < -0.39 is 5.97 Å². The summed E-state index contributed by atoms with van der Waals surface area (Å²) in [6.07, 6.45) is 17.2. The van der Waals surface area contributed by atoms with Gasteiger partial charge in [0, 0.05) is 6.92 Å². The molecule has 0 aliphatic heterocycles. The van der Waals surface area contributed by atoms with Gasteiger partial charge in [-0.15, -0.1) is 0 Å². The molecule has 0 bridgehead atoms. The van der Waals surface area contributed by atoms with Gasteiger partial charge < -0.3 is 10.2 Å². The fourth-order valence-corrected chi connectivity index (χ4v) is 8.67. The van der Waals surface area contributed by atoms with Gasteiger partial charge in [-0.2, -0.15) is 0 Å². The van der Waals surface area contributed by atoms with Crippen LogP contribution in [0, 0.1) is 46.3 Å². The minimum Gasteiger partial charge on any atom is -0.481 e. The molecule has 0 amide bonds. The van der Waals surface area contributed by atoms with Gasteiger partial charge in [-0.1, -0.05) is 65.5 Å². The van der Waals surface area contributed by atoms with E-state index in [0.29, 0.717) is 10.8 Å². The molecule has 0 heterocycles. The molecule has 3 heteroatoms. The van der Waals surface area contributed by atoms with E-state index in [4.69, 9.17) is 9.90 Å². The minimum absolute atomic E-state index is 0.0766. The van der Waals surface area contributed by atoms with Crippen molar-refractivity contribution in [2.75, 3.05) is 0 Å². The maximum Gasteiger partial charge on any atom is 0.300 e. The maximum atomic E-state index is 10.2. The Morgan fingerprint density at radius 1 is 1.06 bits per heavy atom. The van der Waals surface area contributed by atoms with Crippen molar-refractivity contribution in [2.45, 2.75) is 118 Å². The fourth-order valence-electron chi connectivity index (χ4n) is 8.67. The van der Waals surface area contributed by atoms with Crippen LogP contribution < -0.4 is 0 Å². The Morgan fingerprint density at radius 2 is 1.75 bits per heavy atom. The molecule has 3 fully saturated rings. The Bertz CT molecular complexity index is 678. The number of rotatable bonds is 5. The van der Waals surface area contributed by atoms with Gasteiger partial charge in [-0.3, -0.25) is 4.79 Å². The standard InChI is InChI=1S/C27H46O.C2H4O2/c1-18(2)7-6-8-19(3)23-11-12-24-22-10-9-20-17-21(28)13-15-26(20,4)25(22)14-16-27(23,24)5;1-2(3)4/h9,18-19,21-25,28H,6-8,10-17H2,1-5H3;1H3,(H,3,4)/t19-,21+,22+,23-,24+,25+,26+,27-;/m1./s1. The number of carbonyl (C=O) groups is 1. The molecule has 3 nitrogen and oxygen atoms in total. The zero-order valence-corrected chi connectivity index (χ0v) is 21.7. The molecular formula is C29H50O3. The minimum atomic E-state index is -0.833. The molecule has 3 saturated carbocycles. The first kappa shape index (κ1) is 25.8. The van der Waals surface area contributed by atoms with E-state index >= 15 is 0 Å². The molecule has 4 rings (SSSR count). The zero-order valence-electron chi connectivity index (χ0n) is 21.7. The number of hydrogen-bond donors (Lipinski definition) is 2. The van der Waals surface area contributed by atoms with E-state index in [2.05, 4.69) is 40.7 Å². The third kappa shape index (κ3) is 5.13. The highest BCUT2D eigenvalue weighted by Gasteiger charge is 2.59. The topological polar surface area (TPSA) is 57.5 Å². The number of hydrogen-bond acceptors (Lipinski definition) is 2. The third-order valence-corrected chi connectivity index (χ3v) is 10.3. The first-order valence-electron chi connectivity index (χ1n) is 13.6. The average Bonchev–Trinajstić information content (AvgIpc) is 3.05. The lowest BCUT2D eigenvalue weighted by Crippen LogP contribution is -2.50. The van der Waals surface area contributed by atoms with Crippen molar-refractivity contribution >= 4 is 5.97 Å². The van der Waals surface area contributed by atoms with Gasteiger partial charge in [-0.05, 0) is 97.7 Å². The highest BCUT2D eigenvalue weighted by molar-refractivity contribution is 5.62. The van der Waals surface area contributed by atoms with Crippen molar-refractivity contribution in [1.82, 2.24) is 0 Å². The van der Waals surface area contributed by atoms with Gasteiger partial charge in [0.25, 0.3) is 5.97 Å². The number of allylic oxidation sites excluding steroid dienone is 1. The quantitative estimate of drug-likeness (QED) is 0.430. The van der Waals surface area contributed by atoms with Gasteiger partial charge in [0.1, 0.15) is 0 Å². The largest absolute Gasteiger partial charge is 0.481 e. The van der Waals surface area contributed by atoms with Crippen molar-refractivity contribution in [2.24, 2.45) is 46.3 Å². The Labute approximate surface area is 197 Å². The molecule has 184 valence electrons. The van der Waals surface area contributed by atoms with Crippen LogP contribution in [0.1, 0.15) is 112 Å². The summed E-state index contributed by atoms with van der Waals surface area (Å²) in [7, 11) is 0. The van der Waals surface area contributed by atoms with Crippen LogP contribution >= 0.6 is 0 Å². The molecule has 0 saturated heterocycles. The van der Waals surface area contributed by atoms with Crippen LogP contribution in [0.2, 0.25) is 0 Å². The Morgan fingerprint density at radius 3 is 2.41 bits per heavy atom. The van der Waals surface area contributed by atoms with Crippen LogP contribution in [0.3, 0.4) is 0 Å². The molecule has 8 atom stereocenters. The Kier molecular flexibility index (Phi) is 8.22. The first-order chi connectivity index (χ1) is 15.0. The predicted octanol–water partition coefficient (Wildman–Crippen LogP) is 7.48. The van der Waals surface area contributed by atoms with Gasteiger partial charge in [-0.25, -0.2) is 0 Å². The number of aliphatic hydroxyl groups is 1. The smallest absolute Gasteiger partial charge is 0.300 e. The van der Waals surface area contributed by atoms with E-state index in [1.807, 2.05) is 0 Å². The Hall–Kier alpha value is -0.830. The second kappa shape index (κ2) is 10.2. The summed E-state index contributed by atoms with van der Waals surface area (Å²) in [5.74, 6) is 4.62. The second-order valence-corrected chi connectivity index (χ2v) is 12.7. The highest BCUT2D eigenvalue weighted by Crippen LogP contribution is 2.67. The van der Waals surface area contributed by atoms with E-state index in [9.17, 15) is 5.11 Å². The van der Waals surface area contributed by atoms with Gasteiger partial charge >= 0.3 is 0 Å². The SMILES string of the molecule is CC(=O)O.CC(C)CCC[C@@H](C)[C@H]1CC[C@H]2[C@@H]3CC=C4C[C@@H](O)CC[C@]4(C)[C@H]3CC[C@]12C. The number of aliphatic carboxylic acids is 1. The first-order valence-corrected chi connectivity index (χ1v) is 13.6. The van der Waals surface area contributed by atoms with Crippen LogP contribution in [0.15, 0.2) is 11.6 Å². The highest BCUT2D eigenvalue weighted by atomic mass is 16.4. The monoisotopic (exact) mass is 446 g/mol. The molecule has 0 unspecified atom stereocenters. The molecule has 0 aromatic rings. The third-order valence-electron chi connectivity index (χ3n) is 10.3. The molecule has 0 radical (unpaired) electrons. The number of fused-ring (bicyclic) bond motifs is 5. The van der Waals surface area contributed by atoms with Crippen molar-refractivity contribution in [3.8, 4) is 0 Å². The maximum absolute atomic E-state index is 10.2. The lowest BCUT2D eigenvalue weighted by molar-refractivity contribution is -0.134. The lowest BCUT2D eigenvalue weighted by atomic mass is 9.47. The number of carboxylic acids is 1. The predicted molar refractivity (Wildman–Crippen MR) is 132 cm³/mol. The summed E-state index contributed by atoms with van der Waals surface area (Å²) in [5.41, 5.74) is 2.60. The fraction of sp³-hybridized carbons (Fsp3) is 0.897. The summed E-state index contributed by atoms with van der Waals surface area (Å²) in [4.78, 5) is 9.00. The molecule has 2 N–H and O–H groups in total. The molecular weight excluding hydrogens is 396 g/mol. The normalized spacial score (nSPS) is 41.5. The lowest BCUT2D eigenvalue weighted by Gasteiger charge is -2.58. The van der Waals surface area contributed by atoms with Crippen LogP contribution in [-0.2, 0) is 4.79 Å². The van der Waals surface area contributed by atoms with Crippen LogP contribution in [0.25, 0.3) is 0 Å². The molecule has 4 aliphatic rings. The van der Waals surface area contributed by atoms with E-state index in [1.165, 1.54) is 57.8 Å². The average molecular weight is 447 g/mol. The van der Waals surface area contributed by atoms with Crippen molar-refractivity contribution in [3.05, 3.63) is 11.6 Å². The van der Waals surface area contributed by atoms with Crippen molar-refractivity contribution < 1.29 is 15.0 Å². The second-order valence-electron chi connectivity index (χ2n) is 12.7. The molecule has 32 heavy (non-hydrogen) atoms. The number of aliphatic hydroxyl groups excluding tert-OH is 1. The van der Waals surface area contributed by atoms with Gasteiger partial charge in [0.2, 0.25) is 0 Å². The molecule has 0 aromatic carbocycles. The summed E-state index contributed by atoms with van der Waals surface area (Å²) in [5, 5.41) is 17.6.